The van der Waals surface area contributed by atoms with Gasteiger partial charge in [-0.15, -0.1) is 0 Å². The highest BCUT2D eigenvalue weighted by Gasteiger charge is 2.19. The Hall–Kier alpha value is -1.71. The molecule has 0 aromatic carbocycles. The first-order chi connectivity index (χ1) is 9.87. The van der Waals surface area contributed by atoms with Crippen LogP contribution in [0.25, 0.3) is 0 Å². The molecule has 0 spiro atoms. The first-order valence-electron chi connectivity index (χ1n) is 6.53. The second-order valence-corrected chi connectivity index (χ2v) is 6.61. The number of hydrogen-bond donors (Lipinski definition) is 2. The fourth-order valence-electron chi connectivity index (χ4n) is 1.60. The molecule has 0 radical (unpaired) electrons. The molecular weight excluding hydrogens is 294 g/mol. The standard InChI is InChI=1S/C12H19N5O3S/c1-9(2)13-6-10-4-5-12(20-10)21(18,19)15-7-11-14-8-17(3)16-11/h4-5,8-9,13,15H,6-7H2,1-3H3. The number of rotatable bonds is 7. The van der Waals surface area contributed by atoms with Crippen molar-refractivity contribution in [1.82, 2.24) is 24.8 Å². The van der Waals surface area contributed by atoms with Crippen LogP contribution in [0.4, 0.5) is 0 Å². The van der Waals surface area contributed by atoms with Gasteiger partial charge in [0.05, 0.1) is 13.1 Å². The summed E-state index contributed by atoms with van der Waals surface area (Å²) in [4.78, 5) is 3.95. The minimum atomic E-state index is -3.70. The van der Waals surface area contributed by atoms with Gasteiger partial charge in [0.25, 0.3) is 10.0 Å². The highest BCUT2D eigenvalue weighted by Crippen LogP contribution is 2.14. The van der Waals surface area contributed by atoms with Crippen molar-refractivity contribution in [3.8, 4) is 0 Å². The van der Waals surface area contributed by atoms with Gasteiger partial charge >= 0.3 is 0 Å². The maximum atomic E-state index is 12.1. The zero-order valence-corrected chi connectivity index (χ0v) is 13.0. The predicted molar refractivity (Wildman–Crippen MR) is 75.7 cm³/mol. The number of aromatic nitrogens is 3. The van der Waals surface area contributed by atoms with Crippen molar-refractivity contribution in [2.75, 3.05) is 0 Å². The molecule has 8 nitrogen and oxygen atoms in total. The third kappa shape index (κ3) is 4.38. The summed E-state index contributed by atoms with van der Waals surface area (Å²) < 4.78 is 33.4. The average molecular weight is 313 g/mol. The van der Waals surface area contributed by atoms with Gasteiger partial charge in [0.2, 0.25) is 5.09 Å². The van der Waals surface area contributed by atoms with Gasteiger partial charge < -0.3 is 9.73 Å². The minimum absolute atomic E-state index is 0.0173. The molecule has 116 valence electrons. The largest absolute Gasteiger partial charge is 0.447 e. The van der Waals surface area contributed by atoms with Crippen molar-refractivity contribution < 1.29 is 12.8 Å². The van der Waals surface area contributed by atoms with Gasteiger partial charge in [0.1, 0.15) is 12.1 Å². The summed E-state index contributed by atoms with van der Waals surface area (Å²) in [5.41, 5.74) is 0. The van der Waals surface area contributed by atoms with E-state index in [9.17, 15) is 8.42 Å². The van der Waals surface area contributed by atoms with E-state index in [0.717, 1.165) is 0 Å². The highest BCUT2D eigenvalue weighted by atomic mass is 32.2. The van der Waals surface area contributed by atoms with E-state index < -0.39 is 10.0 Å². The summed E-state index contributed by atoms with van der Waals surface area (Å²) >= 11 is 0. The molecule has 0 amide bonds. The topological polar surface area (TPSA) is 102 Å². The van der Waals surface area contributed by atoms with Crippen LogP contribution in [0.2, 0.25) is 0 Å². The quantitative estimate of drug-likeness (QED) is 0.766. The first kappa shape index (κ1) is 15.7. The SMILES string of the molecule is CC(C)NCc1ccc(S(=O)(=O)NCc2ncn(C)n2)o1. The lowest BCUT2D eigenvalue weighted by atomic mass is 10.3. The number of aryl methyl sites for hydroxylation is 1. The van der Waals surface area contributed by atoms with Crippen molar-refractivity contribution in [2.45, 2.75) is 38.1 Å². The van der Waals surface area contributed by atoms with Crippen molar-refractivity contribution >= 4 is 10.0 Å². The Balaban J connectivity index is 1.99. The Morgan fingerprint density at radius 2 is 2.10 bits per heavy atom. The summed E-state index contributed by atoms with van der Waals surface area (Å²) in [7, 11) is -1.99. The van der Waals surface area contributed by atoms with Crippen LogP contribution >= 0.6 is 0 Å². The predicted octanol–water partition coefficient (Wildman–Crippen LogP) is 0.385. The molecule has 0 atom stereocenters. The number of nitrogens with one attached hydrogen (secondary N) is 2. The number of nitrogens with zero attached hydrogens (tertiary/aromatic N) is 3. The van der Waals surface area contributed by atoms with E-state index in [4.69, 9.17) is 4.42 Å². The Kier molecular flexibility index (Phi) is 4.76. The highest BCUT2D eigenvalue weighted by molar-refractivity contribution is 7.89. The molecular formula is C12H19N5O3S. The van der Waals surface area contributed by atoms with Crippen LogP contribution in [0, 0.1) is 0 Å². The first-order valence-corrected chi connectivity index (χ1v) is 8.01. The molecule has 0 aliphatic rings. The van der Waals surface area contributed by atoms with Crippen LogP contribution in [-0.4, -0.2) is 29.2 Å². The molecule has 2 heterocycles. The zero-order valence-electron chi connectivity index (χ0n) is 12.2. The Bertz CT molecular complexity index is 689. The molecule has 0 saturated heterocycles. The third-order valence-corrected chi connectivity index (χ3v) is 3.93. The number of hydrogen-bond acceptors (Lipinski definition) is 6. The van der Waals surface area contributed by atoms with Crippen LogP contribution in [0.3, 0.4) is 0 Å². The van der Waals surface area contributed by atoms with Crippen LogP contribution in [0.1, 0.15) is 25.4 Å². The molecule has 0 unspecified atom stereocenters. The fourth-order valence-corrected chi connectivity index (χ4v) is 2.52. The summed E-state index contributed by atoms with van der Waals surface area (Å²) in [5, 5.41) is 7.04. The number of furan rings is 1. The average Bonchev–Trinajstić information content (AvgIpc) is 3.03. The smallest absolute Gasteiger partial charge is 0.274 e. The summed E-state index contributed by atoms with van der Waals surface area (Å²) in [5.74, 6) is 0.967. The van der Waals surface area contributed by atoms with E-state index >= 15 is 0 Å². The molecule has 9 heteroatoms. The monoisotopic (exact) mass is 313 g/mol. The number of sulfonamides is 1. The lowest BCUT2D eigenvalue weighted by Crippen LogP contribution is -2.23. The van der Waals surface area contributed by atoms with Gasteiger partial charge in [0, 0.05) is 13.1 Å². The van der Waals surface area contributed by atoms with Crippen LogP contribution < -0.4 is 10.0 Å². The lowest BCUT2D eigenvalue weighted by molar-refractivity contribution is 0.393. The van der Waals surface area contributed by atoms with E-state index in [2.05, 4.69) is 20.1 Å². The molecule has 0 aliphatic heterocycles. The van der Waals surface area contributed by atoms with E-state index in [0.29, 0.717) is 24.2 Å². The van der Waals surface area contributed by atoms with Gasteiger partial charge in [-0.05, 0) is 12.1 Å². The summed E-state index contributed by atoms with van der Waals surface area (Å²) in [6.45, 7) is 4.50. The molecule has 0 bridgehead atoms. The molecule has 2 N–H and O–H groups in total. The van der Waals surface area contributed by atoms with Gasteiger partial charge in [0.15, 0.2) is 5.82 Å². The summed E-state index contributed by atoms with van der Waals surface area (Å²) in [6, 6.07) is 3.37. The molecule has 21 heavy (non-hydrogen) atoms. The molecule has 2 rings (SSSR count). The van der Waals surface area contributed by atoms with Gasteiger partial charge in [-0.2, -0.15) is 5.10 Å². The molecule has 0 saturated carbocycles. The zero-order chi connectivity index (χ0) is 15.5. The van der Waals surface area contributed by atoms with Crippen molar-refractivity contribution in [2.24, 2.45) is 7.05 Å². The lowest BCUT2D eigenvalue weighted by Gasteiger charge is -2.05. The maximum absolute atomic E-state index is 12.1. The van der Waals surface area contributed by atoms with Gasteiger partial charge in [-0.3, -0.25) is 4.68 Å². The third-order valence-electron chi connectivity index (χ3n) is 2.65. The maximum Gasteiger partial charge on any atom is 0.274 e. The van der Waals surface area contributed by atoms with Crippen molar-refractivity contribution in [3.63, 3.8) is 0 Å². The minimum Gasteiger partial charge on any atom is -0.447 e. The van der Waals surface area contributed by atoms with Crippen molar-refractivity contribution in [1.29, 1.82) is 0 Å². The van der Waals surface area contributed by atoms with E-state index in [1.165, 1.54) is 17.1 Å². The Labute approximate surface area is 123 Å². The summed E-state index contributed by atoms with van der Waals surface area (Å²) in [6.07, 6.45) is 1.51. The second kappa shape index (κ2) is 6.37. The molecule has 2 aromatic heterocycles. The fraction of sp³-hybridized carbons (Fsp3) is 0.500. The Morgan fingerprint density at radius 1 is 1.33 bits per heavy atom. The van der Waals surface area contributed by atoms with E-state index in [1.54, 1.807) is 13.1 Å². The van der Waals surface area contributed by atoms with Crippen LogP contribution in [0.5, 0.6) is 0 Å². The normalized spacial score (nSPS) is 12.2. The molecule has 2 aromatic rings. The van der Waals surface area contributed by atoms with Gasteiger partial charge in [-0.25, -0.2) is 18.1 Å². The molecule has 0 fully saturated rings. The van der Waals surface area contributed by atoms with E-state index in [-0.39, 0.29) is 11.6 Å². The van der Waals surface area contributed by atoms with Crippen molar-refractivity contribution in [3.05, 3.63) is 30.0 Å². The second-order valence-electron chi connectivity index (χ2n) is 4.92. The van der Waals surface area contributed by atoms with Crippen LogP contribution in [0.15, 0.2) is 28.0 Å². The van der Waals surface area contributed by atoms with Crippen LogP contribution in [-0.2, 0) is 30.2 Å². The van der Waals surface area contributed by atoms with E-state index in [1.807, 2.05) is 13.8 Å². The molecule has 0 aliphatic carbocycles. The van der Waals surface area contributed by atoms with Gasteiger partial charge in [-0.1, -0.05) is 13.8 Å². The Morgan fingerprint density at radius 3 is 2.71 bits per heavy atom.